The SMILES string of the molecule is Cc1ccc(-c2cccc3oc4c(c23)C(C)(C)c2ccccc2N4c2nc(-c3ccccc3)nc(-c3ccccc3)n2)nc1. The number of para-hydroxylation sites is 1. The van der Waals surface area contributed by atoms with E-state index in [-0.39, 0.29) is 5.41 Å². The molecule has 0 bridgehead atoms. The van der Waals surface area contributed by atoms with Crippen molar-refractivity contribution in [1.29, 1.82) is 0 Å². The molecule has 1 aliphatic heterocycles. The topological polar surface area (TPSA) is 67.9 Å². The lowest BCUT2D eigenvalue weighted by Crippen LogP contribution is -2.30. The summed E-state index contributed by atoms with van der Waals surface area (Å²) in [6.45, 7) is 6.57. The number of furan rings is 1. The summed E-state index contributed by atoms with van der Waals surface area (Å²) in [5.74, 6) is 2.39. The molecule has 4 heterocycles. The van der Waals surface area contributed by atoms with Crippen LogP contribution in [0, 0.1) is 6.92 Å². The van der Waals surface area contributed by atoms with Gasteiger partial charge in [-0.1, -0.05) is 111 Å². The molecule has 6 nitrogen and oxygen atoms in total. The zero-order chi connectivity index (χ0) is 29.8. The third kappa shape index (κ3) is 4.10. The molecule has 212 valence electrons. The van der Waals surface area contributed by atoms with E-state index in [2.05, 4.69) is 68.1 Å². The predicted octanol–water partition coefficient (Wildman–Crippen LogP) is 9.43. The molecule has 7 aromatic rings. The van der Waals surface area contributed by atoms with Gasteiger partial charge in [-0.3, -0.25) is 4.98 Å². The van der Waals surface area contributed by atoms with Gasteiger partial charge in [0.15, 0.2) is 11.6 Å². The Morgan fingerprint density at radius 2 is 1.32 bits per heavy atom. The third-order valence-electron chi connectivity index (χ3n) is 8.42. The van der Waals surface area contributed by atoms with Crippen molar-refractivity contribution in [1.82, 2.24) is 19.9 Å². The minimum Gasteiger partial charge on any atom is -0.439 e. The van der Waals surface area contributed by atoms with Gasteiger partial charge in [-0.25, -0.2) is 9.88 Å². The highest BCUT2D eigenvalue weighted by Gasteiger charge is 2.43. The summed E-state index contributed by atoms with van der Waals surface area (Å²) in [6, 6.07) is 38.9. The molecule has 3 aromatic heterocycles. The molecular weight excluding hydrogens is 542 g/mol. The van der Waals surface area contributed by atoms with Crippen molar-refractivity contribution >= 4 is 28.5 Å². The van der Waals surface area contributed by atoms with E-state index in [1.165, 1.54) is 0 Å². The van der Waals surface area contributed by atoms with Crippen LogP contribution in [0.3, 0.4) is 0 Å². The van der Waals surface area contributed by atoms with Crippen LogP contribution >= 0.6 is 0 Å². The van der Waals surface area contributed by atoms with Crippen LogP contribution in [0.1, 0.15) is 30.5 Å². The lowest BCUT2D eigenvalue weighted by atomic mass is 9.73. The molecule has 0 fully saturated rings. The van der Waals surface area contributed by atoms with Gasteiger partial charge in [0.2, 0.25) is 11.8 Å². The Kier molecular flexibility index (Phi) is 5.91. The number of hydrogen-bond acceptors (Lipinski definition) is 6. The normalized spacial score (nSPS) is 13.5. The summed E-state index contributed by atoms with van der Waals surface area (Å²) in [5, 5.41) is 1.05. The lowest BCUT2D eigenvalue weighted by molar-refractivity contribution is 0.569. The zero-order valence-electron chi connectivity index (χ0n) is 24.7. The average molecular weight is 572 g/mol. The quantitative estimate of drug-likeness (QED) is 0.210. The van der Waals surface area contributed by atoms with Crippen LogP contribution in [0.4, 0.5) is 17.5 Å². The number of fused-ring (bicyclic) bond motifs is 4. The van der Waals surface area contributed by atoms with Crippen LogP contribution in [0.2, 0.25) is 0 Å². The number of anilines is 3. The number of aromatic nitrogens is 4. The highest BCUT2D eigenvalue weighted by molar-refractivity contribution is 6.02. The van der Waals surface area contributed by atoms with Gasteiger partial charge in [0.25, 0.3) is 0 Å². The summed E-state index contributed by atoms with van der Waals surface area (Å²) < 4.78 is 6.82. The second kappa shape index (κ2) is 9.99. The van der Waals surface area contributed by atoms with Gasteiger partial charge in [-0.05, 0) is 36.2 Å². The van der Waals surface area contributed by atoms with E-state index in [4.69, 9.17) is 24.4 Å². The number of pyridine rings is 1. The molecule has 0 saturated heterocycles. The first-order valence-electron chi connectivity index (χ1n) is 14.7. The molecule has 6 heteroatoms. The van der Waals surface area contributed by atoms with E-state index in [1.54, 1.807) is 0 Å². The van der Waals surface area contributed by atoms with Crippen molar-refractivity contribution in [2.45, 2.75) is 26.2 Å². The van der Waals surface area contributed by atoms with E-state index in [9.17, 15) is 0 Å². The summed E-state index contributed by atoms with van der Waals surface area (Å²) in [5.41, 5.74) is 8.50. The molecule has 0 radical (unpaired) electrons. The van der Waals surface area contributed by atoms with Crippen molar-refractivity contribution in [2.75, 3.05) is 4.90 Å². The van der Waals surface area contributed by atoms with Crippen LogP contribution in [0.15, 0.2) is 126 Å². The van der Waals surface area contributed by atoms with Gasteiger partial charge in [-0.2, -0.15) is 9.97 Å². The minimum absolute atomic E-state index is 0.383. The molecule has 0 unspecified atom stereocenters. The van der Waals surface area contributed by atoms with E-state index in [1.807, 2.05) is 79.0 Å². The number of hydrogen-bond donors (Lipinski definition) is 0. The molecule has 44 heavy (non-hydrogen) atoms. The second-order valence-corrected chi connectivity index (χ2v) is 11.7. The molecule has 0 atom stereocenters. The number of aryl methyl sites for hydroxylation is 1. The van der Waals surface area contributed by atoms with E-state index in [0.29, 0.717) is 23.5 Å². The number of benzene rings is 4. The van der Waals surface area contributed by atoms with Crippen LogP contribution in [0.25, 0.3) is 45.0 Å². The summed E-state index contributed by atoms with van der Waals surface area (Å²) >= 11 is 0. The van der Waals surface area contributed by atoms with Crippen molar-refractivity contribution in [3.05, 3.63) is 138 Å². The van der Waals surface area contributed by atoms with Crippen molar-refractivity contribution in [2.24, 2.45) is 0 Å². The Morgan fingerprint density at radius 3 is 1.98 bits per heavy atom. The molecule has 0 aliphatic carbocycles. The Hall–Kier alpha value is -5.62. The van der Waals surface area contributed by atoms with Crippen LogP contribution < -0.4 is 4.90 Å². The van der Waals surface area contributed by atoms with Gasteiger partial charge in [0.1, 0.15) is 5.58 Å². The summed E-state index contributed by atoms with van der Waals surface area (Å²) in [7, 11) is 0. The Labute approximate surface area is 255 Å². The monoisotopic (exact) mass is 571 g/mol. The first-order valence-corrected chi connectivity index (χ1v) is 14.7. The smallest absolute Gasteiger partial charge is 0.241 e. The Balaban J connectivity index is 1.44. The standard InChI is InChI=1S/C38H29N5O/c1-24-21-22-29(39-23-24)27-17-12-20-31-32(27)33-36(44-31)43(30-19-11-10-18-28(30)38(33,2)3)37-41-34(25-13-6-4-7-14-25)40-35(42-37)26-15-8-5-9-16-26/h4-23H,1-3H3. The van der Waals surface area contributed by atoms with Crippen molar-refractivity contribution in [3.63, 3.8) is 0 Å². The highest BCUT2D eigenvalue weighted by Crippen LogP contribution is 2.56. The zero-order valence-corrected chi connectivity index (χ0v) is 24.7. The van der Waals surface area contributed by atoms with Gasteiger partial charge in [0.05, 0.1) is 11.4 Å². The average Bonchev–Trinajstić information content (AvgIpc) is 3.47. The molecule has 1 aliphatic rings. The van der Waals surface area contributed by atoms with Crippen LogP contribution in [-0.2, 0) is 5.41 Å². The fourth-order valence-electron chi connectivity index (χ4n) is 6.25. The van der Waals surface area contributed by atoms with Crippen LogP contribution in [-0.4, -0.2) is 19.9 Å². The maximum absolute atomic E-state index is 6.82. The molecule has 0 amide bonds. The molecule has 4 aromatic carbocycles. The molecule has 0 saturated carbocycles. The Morgan fingerprint density at radius 1 is 0.659 bits per heavy atom. The first kappa shape index (κ1) is 26.0. The van der Waals surface area contributed by atoms with E-state index >= 15 is 0 Å². The van der Waals surface area contributed by atoms with E-state index < -0.39 is 0 Å². The van der Waals surface area contributed by atoms with E-state index in [0.717, 1.165) is 55.7 Å². The van der Waals surface area contributed by atoms with Gasteiger partial charge >= 0.3 is 0 Å². The summed E-state index contributed by atoms with van der Waals surface area (Å²) in [6.07, 6.45) is 1.91. The first-order chi connectivity index (χ1) is 21.5. The number of nitrogens with zero attached hydrogens (tertiary/aromatic N) is 5. The van der Waals surface area contributed by atoms with Crippen molar-refractivity contribution in [3.8, 4) is 34.0 Å². The Bertz CT molecular complexity index is 2090. The predicted molar refractivity (Wildman–Crippen MR) is 175 cm³/mol. The minimum atomic E-state index is -0.383. The van der Waals surface area contributed by atoms with Gasteiger partial charge in [-0.15, -0.1) is 0 Å². The third-order valence-corrected chi connectivity index (χ3v) is 8.42. The second-order valence-electron chi connectivity index (χ2n) is 11.7. The van der Waals surface area contributed by atoms with Crippen molar-refractivity contribution < 1.29 is 4.42 Å². The lowest BCUT2D eigenvalue weighted by Gasteiger charge is -2.38. The highest BCUT2D eigenvalue weighted by atomic mass is 16.4. The van der Waals surface area contributed by atoms with Gasteiger partial charge in [0, 0.05) is 39.3 Å². The summed E-state index contributed by atoms with van der Waals surface area (Å²) in [4.78, 5) is 22.0. The molecule has 8 rings (SSSR count). The maximum atomic E-state index is 6.82. The maximum Gasteiger partial charge on any atom is 0.241 e. The largest absolute Gasteiger partial charge is 0.439 e. The fourth-order valence-corrected chi connectivity index (χ4v) is 6.25. The molecule has 0 N–H and O–H groups in total. The van der Waals surface area contributed by atoms with Crippen LogP contribution in [0.5, 0.6) is 0 Å². The fraction of sp³-hybridized carbons (Fsp3) is 0.105. The van der Waals surface area contributed by atoms with Gasteiger partial charge < -0.3 is 4.42 Å². The molecule has 0 spiro atoms. The number of rotatable bonds is 4. The molecular formula is C38H29N5O.